The molecule has 1 heterocycles. The van der Waals surface area contributed by atoms with Crippen molar-refractivity contribution in [1.29, 1.82) is 0 Å². The molecule has 1 fully saturated rings. The second kappa shape index (κ2) is 9.95. The average molecular weight is 500 g/mol. The van der Waals surface area contributed by atoms with E-state index >= 15 is 0 Å². The summed E-state index contributed by atoms with van der Waals surface area (Å²) in [5.74, 6) is 0.732. The summed E-state index contributed by atoms with van der Waals surface area (Å²) < 4.78 is 34.0. The highest BCUT2D eigenvalue weighted by molar-refractivity contribution is 7.92. The fourth-order valence-electron chi connectivity index (χ4n) is 3.95. The molecule has 1 N–H and O–H groups in total. The molecule has 0 aliphatic carbocycles. The largest absolute Gasteiger partial charge is 0.497 e. The van der Waals surface area contributed by atoms with E-state index in [2.05, 4.69) is 4.72 Å². The fraction of sp³-hybridized carbons (Fsp3) is 0.240. The number of carbonyl (C=O) groups is 1. The number of carbonyl (C=O) groups excluding carboxylic acids is 1. The highest BCUT2D eigenvalue weighted by atomic mass is 35.5. The summed E-state index contributed by atoms with van der Waals surface area (Å²) in [6.45, 7) is 3.40. The van der Waals surface area contributed by atoms with Gasteiger partial charge in [0.05, 0.1) is 23.4 Å². The van der Waals surface area contributed by atoms with Gasteiger partial charge in [0.15, 0.2) is 0 Å². The van der Waals surface area contributed by atoms with Gasteiger partial charge in [-0.3, -0.25) is 9.62 Å². The van der Waals surface area contributed by atoms with E-state index in [4.69, 9.17) is 16.3 Å². The van der Waals surface area contributed by atoms with Crippen molar-refractivity contribution in [1.82, 2.24) is 4.90 Å². The summed E-state index contributed by atoms with van der Waals surface area (Å²) in [7, 11) is -2.29. The molecule has 9 heteroatoms. The minimum Gasteiger partial charge on any atom is -0.497 e. The number of hydrogen-bond donors (Lipinski definition) is 1. The van der Waals surface area contributed by atoms with Crippen LogP contribution in [0.25, 0.3) is 0 Å². The van der Waals surface area contributed by atoms with Gasteiger partial charge in [-0.05, 0) is 66.9 Å². The Morgan fingerprint density at radius 1 is 1.03 bits per heavy atom. The lowest BCUT2D eigenvalue weighted by atomic mass is 10.1. The lowest BCUT2D eigenvalue weighted by Gasteiger charge is -2.36. The number of sulfonamides is 1. The van der Waals surface area contributed by atoms with Crippen molar-refractivity contribution in [2.45, 2.75) is 24.8 Å². The zero-order valence-electron chi connectivity index (χ0n) is 19.0. The monoisotopic (exact) mass is 499 g/mol. The topological polar surface area (TPSA) is 79.0 Å². The maximum absolute atomic E-state index is 13.4. The molecule has 0 unspecified atom stereocenters. The zero-order valence-corrected chi connectivity index (χ0v) is 20.6. The maximum atomic E-state index is 13.4. The maximum Gasteiger partial charge on any atom is 0.324 e. The third-order valence-electron chi connectivity index (χ3n) is 5.61. The van der Waals surface area contributed by atoms with Crippen molar-refractivity contribution in [2.75, 3.05) is 29.8 Å². The Kier molecular flexibility index (Phi) is 7.00. The quantitative estimate of drug-likeness (QED) is 0.479. The molecule has 1 saturated heterocycles. The zero-order chi connectivity index (χ0) is 24.3. The first-order chi connectivity index (χ1) is 16.3. The van der Waals surface area contributed by atoms with Crippen LogP contribution in [0.1, 0.15) is 17.5 Å². The highest BCUT2D eigenvalue weighted by Gasteiger charge is 2.29. The van der Waals surface area contributed by atoms with Crippen LogP contribution in [0, 0.1) is 6.92 Å². The molecule has 34 heavy (non-hydrogen) atoms. The highest BCUT2D eigenvalue weighted by Crippen LogP contribution is 2.32. The summed E-state index contributed by atoms with van der Waals surface area (Å²) in [5.41, 5.74) is 2.68. The Labute approximate surface area is 205 Å². The van der Waals surface area contributed by atoms with Crippen LogP contribution in [0.3, 0.4) is 0 Å². The number of ether oxygens (including phenoxy) is 1. The van der Waals surface area contributed by atoms with Gasteiger partial charge in [0.2, 0.25) is 0 Å². The third-order valence-corrected chi connectivity index (χ3v) is 7.21. The number of anilines is 2. The van der Waals surface area contributed by atoms with Crippen LogP contribution in [-0.2, 0) is 16.6 Å². The average Bonchev–Trinajstić information content (AvgIpc) is 2.81. The number of aryl methyl sites for hydroxylation is 1. The first-order valence-corrected chi connectivity index (χ1v) is 12.7. The molecule has 0 radical (unpaired) electrons. The molecular formula is C25H26ClN3O4S. The lowest BCUT2D eigenvalue weighted by molar-refractivity contribution is 0.192. The minimum atomic E-state index is -3.90. The smallest absolute Gasteiger partial charge is 0.324 e. The Balaban J connectivity index is 1.62. The van der Waals surface area contributed by atoms with Crippen LogP contribution in [0.2, 0.25) is 5.02 Å². The van der Waals surface area contributed by atoms with E-state index in [1.165, 1.54) is 12.1 Å². The van der Waals surface area contributed by atoms with Crippen LogP contribution < -0.4 is 14.4 Å². The number of amides is 2. The van der Waals surface area contributed by atoms with Gasteiger partial charge in [-0.1, -0.05) is 35.9 Å². The second-order valence-electron chi connectivity index (χ2n) is 8.14. The molecule has 0 bridgehead atoms. The van der Waals surface area contributed by atoms with E-state index in [1.807, 2.05) is 37.3 Å². The summed E-state index contributed by atoms with van der Waals surface area (Å²) in [5, 5.41) is 0.326. The molecule has 0 aromatic heterocycles. The molecule has 0 atom stereocenters. The molecule has 3 aromatic carbocycles. The molecule has 4 rings (SSSR count). The van der Waals surface area contributed by atoms with Gasteiger partial charge in [0, 0.05) is 24.7 Å². The van der Waals surface area contributed by atoms with E-state index < -0.39 is 10.0 Å². The first kappa shape index (κ1) is 23.9. The molecule has 0 saturated carbocycles. The van der Waals surface area contributed by atoms with Gasteiger partial charge in [-0.25, -0.2) is 13.2 Å². The molecule has 0 spiro atoms. The number of nitrogens with zero attached hydrogens (tertiary/aromatic N) is 2. The van der Waals surface area contributed by atoms with Crippen LogP contribution in [-0.4, -0.2) is 39.5 Å². The van der Waals surface area contributed by atoms with E-state index in [0.717, 1.165) is 23.3 Å². The van der Waals surface area contributed by atoms with Gasteiger partial charge in [-0.15, -0.1) is 0 Å². The van der Waals surface area contributed by atoms with Crippen molar-refractivity contribution in [3.8, 4) is 5.75 Å². The SMILES string of the molecule is COc1cccc(CN2CCCN(c3ccc(C)cc3NS(=O)(=O)c3cccc(Cl)c3)C2=O)c1. The van der Waals surface area contributed by atoms with Crippen molar-refractivity contribution < 1.29 is 17.9 Å². The van der Waals surface area contributed by atoms with E-state index in [1.54, 1.807) is 41.2 Å². The van der Waals surface area contributed by atoms with Crippen molar-refractivity contribution >= 4 is 39.0 Å². The van der Waals surface area contributed by atoms with Crippen molar-refractivity contribution in [2.24, 2.45) is 0 Å². The third kappa shape index (κ3) is 5.29. The van der Waals surface area contributed by atoms with Gasteiger partial charge in [0.1, 0.15) is 5.75 Å². The Morgan fingerprint density at radius 3 is 2.59 bits per heavy atom. The first-order valence-electron chi connectivity index (χ1n) is 10.9. The van der Waals surface area contributed by atoms with E-state index in [-0.39, 0.29) is 10.9 Å². The standard InChI is InChI=1S/C25H26ClN3O4S/c1-18-10-11-24(23(14-18)27-34(31,32)22-9-4-7-20(26)16-22)29-13-5-12-28(25(29)30)17-19-6-3-8-21(15-19)33-2/h3-4,6-11,14-16,27H,5,12-13,17H2,1-2H3. The van der Waals surface area contributed by atoms with Crippen LogP contribution >= 0.6 is 11.6 Å². The summed E-state index contributed by atoms with van der Waals surface area (Å²) in [6.07, 6.45) is 0.754. The van der Waals surface area contributed by atoms with Gasteiger partial charge in [0.25, 0.3) is 10.0 Å². The van der Waals surface area contributed by atoms with Crippen molar-refractivity contribution in [3.05, 3.63) is 82.9 Å². The number of hydrogen-bond acceptors (Lipinski definition) is 4. The second-order valence-corrected chi connectivity index (χ2v) is 10.3. The van der Waals surface area contributed by atoms with E-state index in [0.29, 0.717) is 36.0 Å². The number of rotatable bonds is 7. The predicted molar refractivity (Wildman–Crippen MR) is 134 cm³/mol. The lowest BCUT2D eigenvalue weighted by Crippen LogP contribution is -2.49. The van der Waals surface area contributed by atoms with Crippen LogP contribution in [0.4, 0.5) is 16.2 Å². The fourth-order valence-corrected chi connectivity index (χ4v) is 5.31. The minimum absolute atomic E-state index is 0.0529. The number of benzene rings is 3. The number of methoxy groups -OCH3 is 1. The molecule has 1 aliphatic heterocycles. The Bertz CT molecular complexity index is 1310. The summed E-state index contributed by atoms with van der Waals surface area (Å²) in [6, 6.07) is 18.9. The summed E-state index contributed by atoms with van der Waals surface area (Å²) in [4.78, 5) is 16.9. The molecule has 3 aromatic rings. The number of nitrogens with one attached hydrogen (secondary N) is 1. The summed E-state index contributed by atoms with van der Waals surface area (Å²) >= 11 is 5.99. The normalized spacial score (nSPS) is 14.3. The predicted octanol–water partition coefficient (Wildman–Crippen LogP) is 5.29. The molecule has 1 aliphatic rings. The van der Waals surface area contributed by atoms with Crippen molar-refractivity contribution in [3.63, 3.8) is 0 Å². The number of halogens is 1. The Hall–Kier alpha value is -3.23. The Morgan fingerprint density at radius 2 is 1.82 bits per heavy atom. The molecule has 7 nitrogen and oxygen atoms in total. The van der Waals surface area contributed by atoms with Crippen LogP contribution in [0.15, 0.2) is 71.6 Å². The molecule has 2 amide bonds. The van der Waals surface area contributed by atoms with Gasteiger partial charge >= 0.3 is 6.03 Å². The molecular weight excluding hydrogens is 474 g/mol. The van der Waals surface area contributed by atoms with Gasteiger partial charge < -0.3 is 9.64 Å². The van der Waals surface area contributed by atoms with E-state index in [9.17, 15) is 13.2 Å². The molecule has 178 valence electrons. The van der Waals surface area contributed by atoms with Crippen LogP contribution in [0.5, 0.6) is 5.75 Å². The van der Waals surface area contributed by atoms with Gasteiger partial charge in [-0.2, -0.15) is 0 Å². The number of urea groups is 1.